The Kier molecular flexibility index (Phi) is 2.06. The summed E-state index contributed by atoms with van der Waals surface area (Å²) in [6.45, 7) is 0.440. The Labute approximate surface area is 81.7 Å². The SMILES string of the molecule is COc1ccc2c(c1)OCC(=S)N2. The molecule has 4 heteroatoms. The van der Waals surface area contributed by atoms with Gasteiger partial charge in [0.2, 0.25) is 0 Å². The molecule has 0 saturated heterocycles. The average molecular weight is 195 g/mol. The molecule has 1 heterocycles. The highest BCUT2D eigenvalue weighted by atomic mass is 32.1. The van der Waals surface area contributed by atoms with E-state index in [-0.39, 0.29) is 0 Å². The third-order valence-electron chi connectivity index (χ3n) is 1.82. The molecule has 13 heavy (non-hydrogen) atoms. The molecule has 0 atom stereocenters. The summed E-state index contributed by atoms with van der Waals surface area (Å²) in [5.41, 5.74) is 0.900. The maximum Gasteiger partial charge on any atom is 0.147 e. The number of nitrogens with one attached hydrogen (secondary N) is 1. The molecule has 0 saturated carbocycles. The molecule has 0 aliphatic carbocycles. The summed E-state index contributed by atoms with van der Waals surface area (Å²) in [6, 6.07) is 5.59. The van der Waals surface area contributed by atoms with Gasteiger partial charge in [-0.3, -0.25) is 0 Å². The molecule has 1 aromatic carbocycles. The summed E-state index contributed by atoms with van der Waals surface area (Å²) < 4.78 is 10.5. The van der Waals surface area contributed by atoms with Crippen LogP contribution in [-0.4, -0.2) is 18.7 Å². The second-order valence-electron chi connectivity index (χ2n) is 2.70. The minimum Gasteiger partial charge on any atom is -0.497 e. The minimum atomic E-state index is 0.440. The van der Waals surface area contributed by atoms with Crippen LogP contribution in [0.3, 0.4) is 0 Å². The molecular weight excluding hydrogens is 186 g/mol. The number of benzene rings is 1. The number of ether oxygens (including phenoxy) is 2. The minimum absolute atomic E-state index is 0.440. The zero-order valence-corrected chi connectivity index (χ0v) is 7.98. The fourth-order valence-corrected chi connectivity index (χ4v) is 1.35. The van der Waals surface area contributed by atoms with Crippen LogP contribution < -0.4 is 14.8 Å². The molecular formula is C9H9NO2S. The van der Waals surface area contributed by atoms with Crippen molar-refractivity contribution in [1.82, 2.24) is 0 Å². The molecule has 3 nitrogen and oxygen atoms in total. The molecule has 0 unspecified atom stereocenters. The largest absolute Gasteiger partial charge is 0.497 e. The Morgan fingerprint density at radius 1 is 1.54 bits per heavy atom. The van der Waals surface area contributed by atoms with Crippen LogP contribution in [0.1, 0.15) is 0 Å². The van der Waals surface area contributed by atoms with E-state index in [1.807, 2.05) is 18.2 Å². The first-order valence-electron chi connectivity index (χ1n) is 3.90. The second-order valence-corrected chi connectivity index (χ2v) is 3.19. The van der Waals surface area contributed by atoms with Crippen LogP contribution in [0.4, 0.5) is 5.69 Å². The van der Waals surface area contributed by atoms with Crippen LogP contribution >= 0.6 is 12.2 Å². The molecule has 2 rings (SSSR count). The van der Waals surface area contributed by atoms with Crippen molar-refractivity contribution < 1.29 is 9.47 Å². The van der Waals surface area contributed by atoms with Crippen molar-refractivity contribution in [3.05, 3.63) is 18.2 Å². The third kappa shape index (κ3) is 1.58. The maximum absolute atomic E-state index is 5.39. The number of anilines is 1. The second kappa shape index (κ2) is 3.22. The van der Waals surface area contributed by atoms with Crippen molar-refractivity contribution in [3.8, 4) is 11.5 Å². The van der Waals surface area contributed by atoms with Crippen LogP contribution in [-0.2, 0) is 0 Å². The Bertz CT molecular complexity index is 351. The molecule has 68 valence electrons. The van der Waals surface area contributed by atoms with Crippen molar-refractivity contribution in [2.45, 2.75) is 0 Å². The Balaban J connectivity index is 2.36. The summed E-state index contributed by atoms with van der Waals surface area (Å²) in [4.78, 5) is 0.706. The standard InChI is InChI=1S/C9H9NO2S/c1-11-6-2-3-7-8(4-6)12-5-9(13)10-7/h2-4H,5H2,1H3,(H,10,13). The lowest BCUT2D eigenvalue weighted by Crippen LogP contribution is -2.23. The first kappa shape index (κ1) is 8.31. The topological polar surface area (TPSA) is 30.5 Å². The number of hydrogen-bond acceptors (Lipinski definition) is 3. The van der Waals surface area contributed by atoms with Crippen LogP contribution in [0.5, 0.6) is 11.5 Å². The lowest BCUT2D eigenvalue weighted by Gasteiger charge is -2.19. The Hall–Kier alpha value is -1.29. The highest BCUT2D eigenvalue weighted by Gasteiger charge is 2.13. The molecule has 1 aliphatic heterocycles. The maximum atomic E-state index is 5.39. The summed E-state index contributed by atoms with van der Waals surface area (Å²) in [5.74, 6) is 1.57. The highest BCUT2D eigenvalue weighted by molar-refractivity contribution is 7.80. The van der Waals surface area contributed by atoms with Gasteiger partial charge in [0.1, 0.15) is 23.1 Å². The van der Waals surface area contributed by atoms with E-state index in [0.29, 0.717) is 11.6 Å². The number of fused-ring (bicyclic) bond motifs is 1. The summed E-state index contributed by atoms with van der Waals surface area (Å²) in [5, 5.41) is 3.06. The molecule has 0 amide bonds. The van der Waals surface area contributed by atoms with Crippen molar-refractivity contribution in [1.29, 1.82) is 0 Å². The summed E-state index contributed by atoms with van der Waals surface area (Å²) in [7, 11) is 1.63. The Morgan fingerprint density at radius 2 is 2.38 bits per heavy atom. The van der Waals surface area contributed by atoms with Crippen LogP contribution in [0.15, 0.2) is 18.2 Å². The van der Waals surface area contributed by atoms with Gasteiger partial charge in [0.25, 0.3) is 0 Å². The smallest absolute Gasteiger partial charge is 0.147 e. The van der Waals surface area contributed by atoms with Gasteiger partial charge < -0.3 is 14.8 Å². The van der Waals surface area contributed by atoms with Crippen LogP contribution in [0.25, 0.3) is 0 Å². The van der Waals surface area contributed by atoms with Gasteiger partial charge in [-0.05, 0) is 12.1 Å². The normalized spacial score (nSPS) is 14.1. The predicted molar refractivity (Wildman–Crippen MR) is 54.7 cm³/mol. The van der Waals surface area contributed by atoms with Crippen LogP contribution in [0.2, 0.25) is 0 Å². The third-order valence-corrected chi connectivity index (χ3v) is 2.04. The van der Waals surface area contributed by atoms with Crippen molar-refractivity contribution >= 4 is 22.9 Å². The van der Waals surface area contributed by atoms with Gasteiger partial charge in [-0.15, -0.1) is 0 Å². The Morgan fingerprint density at radius 3 is 3.15 bits per heavy atom. The summed E-state index contributed by atoms with van der Waals surface area (Å²) in [6.07, 6.45) is 0. The molecule has 0 spiro atoms. The van der Waals surface area contributed by atoms with Crippen molar-refractivity contribution in [2.75, 3.05) is 19.0 Å². The van der Waals surface area contributed by atoms with E-state index in [9.17, 15) is 0 Å². The van der Waals surface area contributed by atoms with Gasteiger partial charge in [0, 0.05) is 6.07 Å². The van der Waals surface area contributed by atoms with E-state index < -0.39 is 0 Å². The molecule has 0 aromatic heterocycles. The lowest BCUT2D eigenvalue weighted by atomic mass is 10.2. The first-order chi connectivity index (χ1) is 6.29. The summed E-state index contributed by atoms with van der Waals surface area (Å²) >= 11 is 4.98. The van der Waals surface area contributed by atoms with E-state index in [1.54, 1.807) is 7.11 Å². The van der Waals surface area contributed by atoms with Crippen molar-refractivity contribution in [2.24, 2.45) is 0 Å². The quantitative estimate of drug-likeness (QED) is 0.692. The molecule has 1 N–H and O–H groups in total. The average Bonchev–Trinajstić information content (AvgIpc) is 2.17. The predicted octanol–water partition coefficient (Wildman–Crippen LogP) is 1.83. The number of methoxy groups -OCH3 is 1. The molecule has 0 bridgehead atoms. The number of hydrogen-bond donors (Lipinski definition) is 1. The van der Waals surface area contributed by atoms with Gasteiger partial charge in [0.05, 0.1) is 12.8 Å². The van der Waals surface area contributed by atoms with Gasteiger partial charge in [0.15, 0.2) is 0 Å². The van der Waals surface area contributed by atoms with E-state index in [0.717, 1.165) is 17.2 Å². The lowest BCUT2D eigenvalue weighted by molar-refractivity contribution is 0.367. The molecule has 1 aromatic rings. The van der Waals surface area contributed by atoms with Gasteiger partial charge in [-0.25, -0.2) is 0 Å². The fourth-order valence-electron chi connectivity index (χ4n) is 1.18. The van der Waals surface area contributed by atoms with Gasteiger partial charge >= 0.3 is 0 Å². The van der Waals surface area contributed by atoms with E-state index in [4.69, 9.17) is 21.7 Å². The van der Waals surface area contributed by atoms with E-state index >= 15 is 0 Å². The molecule has 0 fully saturated rings. The van der Waals surface area contributed by atoms with E-state index in [2.05, 4.69) is 5.32 Å². The fraction of sp³-hybridized carbons (Fsp3) is 0.222. The first-order valence-corrected chi connectivity index (χ1v) is 4.31. The van der Waals surface area contributed by atoms with Crippen LogP contribution in [0, 0.1) is 0 Å². The van der Waals surface area contributed by atoms with Gasteiger partial charge in [-0.2, -0.15) is 0 Å². The van der Waals surface area contributed by atoms with E-state index in [1.165, 1.54) is 0 Å². The molecule has 0 radical (unpaired) electrons. The zero-order valence-electron chi connectivity index (χ0n) is 7.16. The zero-order chi connectivity index (χ0) is 9.26. The number of rotatable bonds is 1. The molecule has 1 aliphatic rings. The van der Waals surface area contributed by atoms with Gasteiger partial charge in [-0.1, -0.05) is 12.2 Å². The monoisotopic (exact) mass is 195 g/mol. The van der Waals surface area contributed by atoms with Crippen molar-refractivity contribution in [3.63, 3.8) is 0 Å². The number of thiocarbonyl (C=S) groups is 1. The highest BCUT2D eigenvalue weighted by Crippen LogP contribution is 2.31.